The van der Waals surface area contributed by atoms with E-state index in [0.717, 1.165) is 41.7 Å². The van der Waals surface area contributed by atoms with E-state index in [1.807, 2.05) is 25.1 Å². The van der Waals surface area contributed by atoms with Crippen molar-refractivity contribution in [2.24, 2.45) is 0 Å². The van der Waals surface area contributed by atoms with Crippen LogP contribution in [0.15, 0.2) is 42.5 Å². The minimum atomic E-state index is -0.956. The van der Waals surface area contributed by atoms with E-state index in [1.165, 1.54) is 0 Å². The Hall–Kier alpha value is -2.82. The summed E-state index contributed by atoms with van der Waals surface area (Å²) in [6, 6.07) is 12.5. The molecule has 2 N–H and O–H groups in total. The van der Waals surface area contributed by atoms with Gasteiger partial charge in [-0.1, -0.05) is 30.7 Å². The summed E-state index contributed by atoms with van der Waals surface area (Å²) in [7, 11) is 1.64. The molecule has 5 heteroatoms. The summed E-state index contributed by atoms with van der Waals surface area (Å²) in [5.74, 6) is -0.148. The summed E-state index contributed by atoms with van der Waals surface area (Å²) >= 11 is 0. The number of aryl methyl sites for hydroxylation is 1. The largest absolute Gasteiger partial charge is 0.496 e. The van der Waals surface area contributed by atoms with Gasteiger partial charge in [0.15, 0.2) is 0 Å². The molecule has 1 amide bonds. The van der Waals surface area contributed by atoms with Crippen LogP contribution in [0.3, 0.4) is 0 Å². The number of ether oxygens (including phenoxy) is 1. The molecule has 136 valence electrons. The van der Waals surface area contributed by atoms with E-state index in [0.29, 0.717) is 6.54 Å². The maximum atomic E-state index is 12.9. The molecule has 1 fully saturated rings. The first-order chi connectivity index (χ1) is 12.5. The van der Waals surface area contributed by atoms with E-state index in [-0.39, 0.29) is 11.5 Å². The van der Waals surface area contributed by atoms with E-state index in [4.69, 9.17) is 9.84 Å². The lowest BCUT2D eigenvalue weighted by Gasteiger charge is -2.41. The monoisotopic (exact) mass is 353 g/mol. The van der Waals surface area contributed by atoms with Crippen LogP contribution in [0.1, 0.15) is 46.3 Å². The fourth-order valence-electron chi connectivity index (χ4n) is 3.41. The normalized spacial score (nSPS) is 15.0. The number of nitrogens with one attached hydrogen (secondary N) is 1. The van der Waals surface area contributed by atoms with Gasteiger partial charge in [0.25, 0.3) is 0 Å². The minimum Gasteiger partial charge on any atom is -0.496 e. The quantitative estimate of drug-likeness (QED) is 0.834. The third-order valence-corrected chi connectivity index (χ3v) is 5.26. The third kappa shape index (κ3) is 3.29. The number of hydrogen-bond donors (Lipinski definition) is 2. The predicted molar refractivity (Wildman–Crippen MR) is 98.5 cm³/mol. The second-order valence-electron chi connectivity index (χ2n) is 6.80. The second kappa shape index (κ2) is 7.20. The molecule has 0 radical (unpaired) electrons. The molecule has 0 heterocycles. The number of carboxylic acid groups (broad SMARTS) is 1. The summed E-state index contributed by atoms with van der Waals surface area (Å²) in [4.78, 5) is 23.8. The molecule has 3 rings (SSSR count). The van der Waals surface area contributed by atoms with Crippen LogP contribution in [0, 0.1) is 6.92 Å². The molecular formula is C21H23NO4. The highest BCUT2D eigenvalue weighted by molar-refractivity contribution is 5.89. The van der Waals surface area contributed by atoms with Crippen LogP contribution < -0.4 is 10.1 Å². The molecule has 1 aliphatic carbocycles. The molecule has 0 saturated heterocycles. The Labute approximate surface area is 153 Å². The topological polar surface area (TPSA) is 75.6 Å². The number of carbonyl (C=O) groups excluding carboxylic acids is 1. The van der Waals surface area contributed by atoms with Gasteiger partial charge in [-0.25, -0.2) is 4.79 Å². The number of methoxy groups -OCH3 is 1. The molecule has 0 unspecified atom stereocenters. The van der Waals surface area contributed by atoms with E-state index in [9.17, 15) is 9.59 Å². The lowest BCUT2D eigenvalue weighted by molar-refractivity contribution is -0.130. The zero-order chi connectivity index (χ0) is 18.7. The van der Waals surface area contributed by atoms with Crippen LogP contribution in [-0.2, 0) is 16.8 Å². The maximum Gasteiger partial charge on any atom is 0.335 e. The molecule has 1 saturated carbocycles. The fourth-order valence-corrected chi connectivity index (χ4v) is 3.41. The molecule has 0 aromatic heterocycles. The number of benzene rings is 2. The zero-order valence-electron chi connectivity index (χ0n) is 15.0. The fraction of sp³-hybridized carbons (Fsp3) is 0.333. The van der Waals surface area contributed by atoms with Gasteiger partial charge in [-0.2, -0.15) is 0 Å². The van der Waals surface area contributed by atoms with E-state index >= 15 is 0 Å². The number of rotatable bonds is 6. The number of hydrogen-bond acceptors (Lipinski definition) is 3. The van der Waals surface area contributed by atoms with Gasteiger partial charge in [0.2, 0.25) is 5.91 Å². The van der Waals surface area contributed by atoms with E-state index < -0.39 is 11.4 Å². The third-order valence-electron chi connectivity index (χ3n) is 5.26. The molecule has 2 aromatic carbocycles. The van der Waals surface area contributed by atoms with Crippen molar-refractivity contribution in [1.29, 1.82) is 0 Å². The van der Waals surface area contributed by atoms with Crippen molar-refractivity contribution in [2.45, 2.75) is 38.1 Å². The van der Waals surface area contributed by atoms with Crippen molar-refractivity contribution in [3.8, 4) is 5.75 Å². The Morgan fingerprint density at radius 3 is 2.38 bits per heavy atom. The standard InChI is InChI=1S/C21H23NO4/c1-14-4-9-17(12-18(14)26-2)21(10-3-11-21)20(25)22-13-15-5-7-16(8-6-15)19(23)24/h4-9,12H,3,10-11,13H2,1-2H3,(H,22,25)(H,23,24). The van der Waals surface area contributed by atoms with Gasteiger partial charge in [0.05, 0.1) is 18.1 Å². The van der Waals surface area contributed by atoms with Crippen LogP contribution in [0.25, 0.3) is 0 Å². The molecular weight excluding hydrogens is 330 g/mol. The molecule has 1 aliphatic rings. The minimum absolute atomic E-state index is 0.0111. The van der Waals surface area contributed by atoms with Crippen LogP contribution in [-0.4, -0.2) is 24.1 Å². The maximum absolute atomic E-state index is 12.9. The van der Waals surface area contributed by atoms with Crippen LogP contribution in [0.2, 0.25) is 0 Å². The molecule has 5 nitrogen and oxygen atoms in total. The summed E-state index contributed by atoms with van der Waals surface area (Å²) in [6.45, 7) is 2.36. The lowest BCUT2D eigenvalue weighted by atomic mass is 9.63. The Kier molecular flexibility index (Phi) is 4.98. The summed E-state index contributed by atoms with van der Waals surface area (Å²) in [5, 5.41) is 12.0. The molecule has 0 aliphatic heterocycles. The van der Waals surface area contributed by atoms with Crippen LogP contribution in [0.5, 0.6) is 5.75 Å². The lowest BCUT2D eigenvalue weighted by Crippen LogP contribution is -2.49. The Morgan fingerprint density at radius 1 is 1.15 bits per heavy atom. The van der Waals surface area contributed by atoms with Gasteiger partial charge in [0, 0.05) is 6.54 Å². The van der Waals surface area contributed by atoms with E-state index in [2.05, 4.69) is 5.32 Å². The molecule has 0 bridgehead atoms. The number of aromatic carboxylic acids is 1. The van der Waals surface area contributed by atoms with Gasteiger partial charge < -0.3 is 15.2 Å². The highest BCUT2D eigenvalue weighted by Gasteiger charge is 2.45. The molecule has 0 spiro atoms. The SMILES string of the molecule is COc1cc(C2(C(=O)NCc3ccc(C(=O)O)cc3)CCC2)ccc1C. The Bertz CT molecular complexity index is 822. The summed E-state index contributed by atoms with van der Waals surface area (Å²) in [5.41, 5.74) is 2.65. The van der Waals surface area contributed by atoms with Crippen molar-refractivity contribution < 1.29 is 19.4 Å². The summed E-state index contributed by atoms with van der Waals surface area (Å²) < 4.78 is 5.41. The number of amides is 1. The van der Waals surface area contributed by atoms with Gasteiger partial charge in [-0.15, -0.1) is 0 Å². The molecule has 2 aromatic rings. The van der Waals surface area contributed by atoms with Gasteiger partial charge >= 0.3 is 5.97 Å². The first-order valence-corrected chi connectivity index (χ1v) is 8.72. The zero-order valence-corrected chi connectivity index (χ0v) is 15.0. The van der Waals surface area contributed by atoms with Crippen molar-refractivity contribution in [3.63, 3.8) is 0 Å². The first kappa shape index (κ1) is 18.0. The van der Waals surface area contributed by atoms with Crippen molar-refractivity contribution in [2.75, 3.05) is 7.11 Å². The average molecular weight is 353 g/mol. The van der Waals surface area contributed by atoms with Gasteiger partial charge in [-0.3, -0.25) is 4.79 Å². The molecule has 26 heavy (non-hydrogen) atoms. The van der Waals surface area contributed by atoms with Crippen molar-refractivity contribution >= 4 is 11.9 Å². The van der Waals surface area contributed by atoms with Gasteiger partial charge in [-0.05, 0) is 54.7 Å². The van der Waals surface area contributed by atoms with Crippen LogP contribution in [0.4, 0.5) is 0 Å². The predicted octanol–water partition coefficient (Wildman–Crippen LogP) is 3.44. The highest BCUT2D eigenvalue weighted by Crippen LogP contribution is 2.45. The van der Waals surface area contributed by atoms with Crippen molar-refractivity contribution in [1.82, 2.24) is 5.32 Å². The smallest absolute Gasteiger partial charge is 0.335 e. The molecule has 0 atom stereocenters. The van der Waals surface area contributed by atoms with Crippen LogP contribution >= 0.6 is 0 Å². The average Bonchev–Trinajstić information content (AvgIpc) is 2.60. The van der Waals surface area contributed by atoms with Gasteiger partial charge in [0.1, 0.15) is 5.75 Å². The first-order valence-electron chi connectivity index (χ1n) is 8.72. The van der Waals surface area contributed by atoms with E-state index in [1.54, 1.807) is 31.4 Å². The van der Waals surface area contributed by atoms with Crippen molar-refractivity contribution in [3.05, 3.63) is 64.7 Å². The number of carbonyl (C=O) groups is 2. The Balaban J connectivity index is 1.73. The Morgan fingerprint density at radius 2 is 1.85 bits per heavy atom. The number of carboxylic acids is 1. The second-order valence-corrected chi connectivity index (χ2v) is 6.80. The summed E-state index contributed by atoms with van der Waals surface area (Å²) in [6.07, 6.45) is 2.67. The highest BCUT2D eigenvalue weighted by atomic mass is 16.5.